The molecular formula is C20H22FN3O4. The number of anilines is 1. The van der Waals surface area contributed by atoms with E-state index in [1.807, 2.05) is 4.90 Å². The van der Waals surface area contributed by atoms with E-state index in [-0.39, 0.29) is 17.4 Å². The number of piperidine rings is 1. The van der Waals surface area contributed by atoms with Crippen LogP contribution in [0.3, 0.4) is 0 Å². The standard InChI is InChI=1S/C20H22FN3O4/c1-10-16-13(11-4-5-11)7-14(20(27)28)19(26)24(16)9-15(21)17(10)23-6-2-3-12(8-23)18(22)25/h7,9,11-12H,2-6,8H2,1H3,(H2,22,25)(H,27,28). The molecule has 0 bridgehead atoms. The van der Waals surface area contributed by atoms with E-state index in [1.54, 1.807) is 6.92 Å². The highest BCUT2D eigenvalue weighted by Crippen LogP contribution is 2.44. The molecule has 2 aromatic rings. The Bertz CT molecular complexity index is 1060. The number of hydrogen-bond acceptors (Lipinski definition) is 4. The van der Waals surface area contributed by atoms with Gasteiger partial charge in [0.2, 0.25) is 5.91 Å². The van der Waals surface area contributed by atoms with Gasteiger partial charge in [-0.15, -0.1) is 0 Å². The summed E-state index contributed by atoms with van der Waals surface area (Å²) in [5.74, 6) is -2.50. The minimum atomic E-state index is -1.32. The number of nitrogens with two attached hydrogens (primary N) is 1. The molecule has 1 aliphatic heterocycles. The first-order valence-corrected chi connectivity index (χ1v) is 9.45. The summed E-state index contributed by atoms with van der Waals surface area (Å²) in [5, 5.41) is 9.37. The number of carboxylic acid groups (broad SMARTS) is 1. The highest BCUT2D eigenvalue weighted by atomic mass is 19.1. The Hall–Kier alpha value is -2.90. The fourth-order valence-electron chi connectivity index (χ4n) is 4.30. The van der Waals surface area contributed by atoms with Crippen molar-refractivity contribution in [3.63, 3.8) is 0 Å². The molecule has 1 unspecified atom stereocenters. The molecule has 1 aliphatic carbocycles. The van der Waals surface area contributed by atoms with Gasteiger partial charge in [0.15, 0.2) is 5.82 Å². The number of rotatable bonds is 4. The van der Waals surface area contributed by atoms with E-state index < -0.39 is 23.3 Å². The maximum atomic E-state index is 15.1. The zero-order valence-corrected chi connectivity index (χ0v) is 15.6. The van der Waals surface area contributed by atoms with Gasteiger partial charge in [-0.05, 0) is 55.7 Å². The minimum absolute atomic E-state index is 0.172. The van der Waals surface area contributed by atoms with E-state index in [0.29, 0.717) is 36.3 Å². The summed E-state index contributed by atoms with van der Waals surface area (Å²) in [7, 11) is 0. The quantitative estimate of drug-likeness (QED) is 0.835. The number of aryl methyl sites for hydroxylation is 1. The summed E-state index contributed by atoms with van der Waals surface area (Å²) in [4.78, 5) is 37.6. The Morgan fingerprint density at radius 1 is 1.29 bits per heavy atom. The van der Waals surface area contributed by atoms with Crippen LogP contribution >= 0.6 is 0 Å². The second kappa shape index (κ2) is 6.61. The van der Waals surface area contributed by atoms with Crippen molar-refractivity contribution in [2.75, 3.05) is 18.0 Å². The molecular weight excluding hydrogens is 365 g/mol. The minimum Gasteiger partial charge on any atom is -0.477 e. The maximum Gasteiger partial charge on any atom is 0.341 e. The molecule has 7 nitrogen and oxygen atoms in total. The number of pyridine rings is 2. The lowest BCUT2D eigenvalue weighted by Gasteiger charge is -2.34. The molecule has 2 aliphatic rings. The normalized spacial score (nSPS) is 19.8. The summed E-state index contributed by atoms with van der Waals surface area (Å²) in [5.41, 5.74) is 6.63. The first kappa shape index (κ1) is 18.5. The predicted octanol–water partition coefficient (Wildman–Crippen LogP) is 2.02. The van der Waals surface area contributed by atoms with Crippen molar-refractivity contribution in [1.82, 2.24) is 4.40 Å². The zero-order chi connectivity index (χ0) is 20.2. The molecule has 1 amide bonds. The molecule has 0 spiro atoms. The van der Waals surface area contributed by atoms with Crippen LogP contribution in [0, 0.1) is 18.7 Å². The van der Waals surface area contributed by atoms with Gasteiger partial charge in [-0.2, -0.15) is 0 Å². The molecule has 2 fully saturated rings. The summed E-state index contributed by atoms with van der Waals surface area (Å²) in [6.45, 7) is 2.67. The van der Waals surface area contributed by atoms with Crippen molar-refractivity contribution in [1.29, 1.82) is 0 Å². The number of fused-ring (bicyclic) bond motifs is 1. The SMILES string of the molecule is Cc1c(N2CCCC(C(N)=O)C2)c(F)cn2c(=O)c(C(=O)O)cc(C3CC3)c12. The Morgan fingerprint density at radius 2 is 2.00 bits per heavy atom. The Balaban J connectivity index is 1.94. The van der Waals surface area contributed by atoms with E-state index in [4.69, 9.17) is 5.73 Å². The van der Waals surface area contributed by atoms with Crippen molar-refractivity contribution in [2.24, 2.45) is 11.7 Å². The highest BCUT2D eigenvalue weighted by Gasteiger charge is 2.32. The lowest BCUT2D eigenvalue weighted by Crippen LogP contribution is -2.42. The highest BCUT2D eigenvalue weighted by molar-refractivity contribution is 5.89. The molecule has 1 saturated carbocycles. The van der Waals surface area contributed by atoms with E-state index in [1.165, 1.54) is 6.07 Å². The van der Waals surface area contributed by atoms with Crippen LogP contribution in [0.2, 0.25) is 0 Å². The number of carbonyl (C=O) groups is 2. The smallest absolute Gasteiger partial charge is 0.341 e. The summed E-state index contributed by atoms with van der Waals surface area (Å²) in [6, 6.07) is 1.44. The fourth-order valence-corrected chi connectivity index (χ4v) is 4.30. The molecule has 28 heavy (non-hydrogen) atoms. The van der Waals surface area contributed by atoms with E-state index in [9.17, 15) is 19.5 Å². The first-order chi connectivity index (χ1) is 13.3. The number of carboxylic acids is 1. The summed E-state index contributed by atoms with van der Waals surface area (Å²) in [6.07, 6.45) is 4.29. The van der Waals surface area contributed by atoms with Gasteiger partial charge in [0, 0.05) is 13.1 Å². The Morgan fingerprint density at radius 3 is 2.61 bits per heavy atom. The lowest BCUT2D eigenvalue weighted by molar-refractivity contribution is -0.122. The van der Waals surface area contributed by atoms with Gasteiger partial charge >= 0.3 is 5.97 Å². The van der Waals surface area contributed by atoms with Crippen LogP contribution in [0.5, 0.6) is 0 Å². The first-order valence-electron chi connectivity index (χ1n) is 9.45. The average molecular weight is 387 g/mol. The third-order valence-corrected chi connectivity index (χ3v) is 5.83. The van der Waals surface area contributed by atoms with Gasteiger partial charge in [-0.3, -0.25) is 14.0 Å². The molecule has 0 aromatic carbocycles. The summed E-state index contributed by atoms with van der Waals surface area (Å²) < 4.78 is 16.2. The average Bonchev–Trinajstić information content (AvgIpc) is 3.47. The number of halogens is 1. The number of primary amides is 1. The molecule has 4 rings (SSSR count). The van der Waals surface area contributed by atoms with Crippen LogP contribution in [0.4, 0.5) is 10.1 Å². The topological polar surface area (TPSA) is 105 Å². The van der Waals surface area contributed by atoms with Gasteiger partial charge in [-0.1, -0.05) is 0 Å². The molecule has 2 aromatic heterocycles. The van der Waals surface area contributed by atoms with Crippen LogP contribution in [0.25, 0.3) is 5.52 Å². The largest absolute Gasteiger partial charge is 0.477 e. The van der Waals surface area contributed by atoms with Gasteiger partial charge in [0.1, 0.15) is 5.56 Å². The number of amides is 1. The van der Waals surface area contributed by atoms with Crippen molar-refractivity contribution in [2.45, 2.75) is 38.5 Å². The maximum absolute atomic E-state index is 15.1. The number of aromatic carboxylic acids is 1. The van der Waals surface area contributed by atoms with Gasteiger partial charge in [0.25, 0.3) is 5.56 Å². The van der Waals surface area contributed by atoms with Gasteiger partial charge in [0.05, 0.1) is 23.3 Å². The van der Waals surface area contributed by atoms with Crippen molar-refractivity contribution in [3.8, 4) is 0 Å². The fraction of sp³-hybridized carbons (Fsp3) is 0.450. The number of aromatic nitrogens is 1. The Kier molecular flexibility index (Phi) is 4.36. The van der Waals surface area contributed by atoms with Crippen LogP contribution in [0.15, 0.2) is 17.1 Å². The van der Waals surface area contributed by atoms with Crippen LogP contribution in [0.1, 0.15) is 53.1 Å². The van der Waals surface area contributed by atoms with E-state index in [2.05, 4.69) is 0 Å². The molecule has 3 heterocycles. The van der Waals surface area contributed by atoms with Crippen LogP contribution < -0.4 is 16.2 Å². The van der Waals surface area contributed by atoms with E-state index in [0.717, 1.165) is 35.4 Å². The zero-order valence-electron chi connectivity index (χ0n) is 15.6. The van der Waals surface area contributed by atoms with Gasteiger partial charge in [-0.25, -0.2) is 9.18 Å². The molecule has 1 saturated heterocycles. The molecule has 3 N–H and O–H groups in total. The number of nitrogens with zero attached hydrogens (tertiary/aromatic N) is 2. The number of hydrogen-bond donors (Lipinski definition) is 2. The third-order valence-electron chi connectivity index (χ3n) is 5.83. The van der Waals surface area contributed by atoms with Crippen molar-refractivity contribution < 1.29 is 19.1 Å². The molecule has 8 heteroatoms. The Labute approximate surface area is 160 Å². The molecule has 0 radical (unpaired) electrons. The lowest BCUT2D eigenvalue weighted by atomic mass is 9.95. The molecule has 1 atom stereocenters. The second-order valence-electron chi connectivity index (χ2n) is 7.75. The van der Waals surface area contributed by atoms with Crippen molar-refractivity contribution in [3.05, 3.63) is 45.1 Å². The van der Waals surface area contributed by atoms with E-state index >= 15 is 4.39 Å². The van der Waals surface area contributed by atoms with Crippen molar-refractivity contribution >= 4 is 23.1 Å². The third kappa shape index (κ3) is 2.93. The predicted molar refractivity (Wildman–Crippen MR) is 101 cm³/mol. The second-order valence-corrected chi connectivity index (χ2v) is 7.75. The monoisotopic (exact) mass is 387 g/mol. The van der Waals surface area contributed by atoms with Crippen LogP contribution in [-0.4, -0.2) is 34.5 Å². The number of carbonyl (C=O) groups excluding carboxylic acids is 1. The van der Waals surface area contributed by atoms with Gasteiger partial charge < -0.3 is 15.7 Å². The molecule has 148 valence electrons. The summed E-state index contributed by atoms with van der Waals surface area (Å²) >= 11 is 0. The van der Waals surface area contributed by atoms with Crippen LogP contribution in [-0.2, 0) is 4.79 Å².